The number of benzene rings is 2. The highest BCUT2D eigenvalue weighted by molar-refractivity contribution is 6.35. The van der Waals surface area contributed by atoms with Crippen molar-refractivity contribution in [3.8, 4) is 11.1 Å². The fourth-order valence-corrected chi connectivity index (χ4v) is 3.32. The van der Waals surface area contributed by atoms with Crippen molar-refractivity contribution in [2.75, 3.05) is 6.61 Å². The summed E-state index contributed by atoms with van der Waals surface area (Å²) in [7, 11) is 0. The van der Waals surface area contributed by atoms with E-state index in [0.717, 1.165) is 16.7 Å². The van der Waals surface area contributed by atoms with Crippen LogP contribution in [0.3, 0.4) is 0 Å². The highest BCUT2D eigenvalue weighted by Crippen LogP contribution is 2.30. The molecule has 32 heavy (non-hydrogen) atoms. The number of carboxylic acid groups (broad SMARTS) is 1. The van der Waals surface area contributed by atoms with Crippen molar-refractivity contribution in [2.24, 2.45) is 0 Å². The van der Waals surface area contributed by atoms with E-state index in [4.69, 9.17) is 33.0 Å². The van der Waals surface area contributed by atoms with Crippen molar-refractivity contribution in [1.29, 1.82) is 0 Å². The maximum Gasteiger partial charge on any atom is 0.394 e. The molecule has 2 rings (SSSR count). The van der Waals surface area contributed by atoms with Gasteiger partial charge in [-0.2, -0.15) is 0 Å². The summed E-state index contributed by atoms with van der Waals surface area (Å²) in [4.78, 5) is 34.6. The monoisotopic (exact) mass is 479 g/mol. The van der Waals surface area contributed by atoms with Crippen LogP contribution in [0.5, 0.6) is 0 Å². The summed E-state index contributed by atoms with van der Waals surface area (Å²) in [6, 6.07) is 11.5. The first-order chi connectivity index (χ1) is 15.1. The first-order valence-corrected chi connectivity index (χ1v) is 10.4. The molecule has 0 saturated heterocycles. The molecule has 3 N–H and O–H groups in total. The summed E-state index contributed by atoms with van der Waals surface area (Å²) >= 11 is 12.3. The molecule has 0 fully saturated rings. The third kappa shape index (κ3) is 7.67. The van der Waals surface area contributed by atoms with Crippen molar-refractivity contribution in [1.82, 2.24) is 5.32 Å². The molecular weight excluding hydrogens is 457 g/mol. The van der Waals surface area contributed by atoms with Gasteiger partial charge < -0.3 is 20.3 Å². The predicted octanol–water partition coefficient (Wildman–Crippen LogP) is 3.64. The normalized spacial score (nSPS) is 12.5. The molecule has 2 aromatic carbocycles. The largest absolute Gasteiger partial charge is 0.474 e. The lowest BCUT2D eigenvalue weighted by Crippen LogP contribution is -2.43. The van der Waals surface area contributed by atoms with Gasteiger partial charge in [-0.05, 0) is 48.2 Å². The Balaban J connectivity index is 2.15. The van der Waals surface area contributed by atoms with Gasteiger partial charge in [0.2, 0.25) is 0 Å². The standard InChI is InChI=1S/C23H23Cl2NO6/c1-13(2)12-32-23(31)20(27)11-17(26-21(28)22(29)30)9-14-3-5-15(6-4-14)18-10-16(24)7-8-19(18)25/h3-8,10,17,20,27H,1,9,11-12H2,2H3,(H,26,28)(H,29,30)/t17-,20-/m1/s1. The Morgan fingerprint density at radius 1 is 1.12 bits per heavy atom. The fourth-order valence-electron chi connectivity index (χ4n) is 2.92. The molecule has 0 aromatic heterocycles. The average molecular weight is 480 g/mol. The molecule has 0 heterocycles. The second-order valence-electron chi connectivity index (χ2n) is 7.32. The number of hydrogen-bond donors (Lipinski definition) is 3. The minimum absolute atomic E-state index is 0.0461. The molecule has 0 unspecified atom stereocenters. The maximum absolute atomic E-state index is 12.0. The number of ether oxygens (including phenoxy) is 1. The molecular formula is C23H23Cl2NO6. The Bertz CT molecular complexity index is 1010. The van der Waals surface area contributed by atoms with Gasteiger partial charge in [-0.1, -0.05) is 54.0 Å². The molecule has 0 spiro atoms. The number of nitrogens with one attached hydrogen (secondary N) is 1. The second-order valence-corrected chi connectivity index (χ2v) is 8.16. The van der Waals surface area contributed by atoms with Gasteiger partial charge >= 0.3 is 17.8 Å². The van der Waals surface area contributed by atoms with E-state index < -0.39 is 30.0 Å². The van der Waals surface area contributed by atoms with E-state index in [0.29, 0.717) is 15.6 Å². The molecule has 1 amide bonds. The molecule has 7 nitrogen and oxygen atoms in total. The van der Waals surface area contributed by atoms with Crippen LogP contribution in [0.1, 0.15) is 18.9 Å². The number of carboxylic acids is 1. The van der Waals surface area contributed by atoms with E-state index in [9.17, 15) is 19.5 Å². The predicted molar refractivity (Wildman–Crippen MR) is 122 cm³/mol. The van der Waals surface area contributed by atoms with Gasteiger partial charge in [-0.25, -0.2) is 9.59 Å². The Morgan fingerprint density at radius 2 is 1.78 bits per heavy atom. The van der Waals surface area contributed by atoms with Gasteiger partial charge in [-0.15, -0.1) is 0 Å². The number of rotatable bonds is 9. The van der Waals surface area contributed by atoms with Crippen LogP contribution >= 0.6 is 23.2 Å². The van der Waals surface area contributed by atoms with Gasteiger partial charge in [0.25, 0.3) is 0 Å². The highest BCUT2D eigenvalue weighted by atomic mass is 35.5. The van der Waals surface area contributed by atoms with Gasteiger partial charge in [0.15, 0.2) is 6.10 Å². The lowest BCUT2D eigenvalue weighted by molar-refractivity contribution is -0.153. The Kier molecular flexibility index (Phi) is 9.26. The molecule has 2 aromatic rings. The average Bonchev–Trinajstić information content (AvgIpc) is 2.74. The zero-order chi connectivity index (χ0) is 23.8. The van der Waals surface area contributed by atoms with Crippen molar-refractivity contribution in [3.05, 3.63) is 70.2 Å². The molecule has 0 radical (unpaired) electrons. The van der Waals surface area contributed by atoms with Crippen LogP contribution in [-0.2, 0) is 25.5 Å². The van der Waals surface area contributed by atoms with E-state index in [-0.39, 0.29) is 19.4 Å². The summed E-state index contributed by atoms with van der Waals surface area (Å²) in [5.41, 5.74) is 2.90. The third-order valence-electron chi connectivity index (χ3n) is 4.45. The first kappa shape index (κ1) is 25.4. The van der Waals surface area contributed by atoms with Crippen LogP contribution in [0.2, 0.25) is 10.0 Å². The van der Waals surface area contributed by atoms with Crippen LogP contribution in [0.15, 0.2) is 54.6 Å². The van der Waals surface area contributed by atoms with Crippen molar-refractivity contribution >= 4 is 41.0 Å². The molecule has 0 aliphatic rings. The molecule has 9 heteroatoms. The number of hydrogen-bond acceptors (Lipinski definition) is 5. The van der Waals surface area contributed by atoms with Gasteiger partial charge in [0.05, 0.1) is 0 Å². The zero-order valence-corrected chi connectivity index (χ0v) is 18.8. The lowest BCUT2D eigenvalue weighted by atomic mass is 9.97. The van der Waals surface area contributed by atoms with Crippen molar-refractivity contribution < 1.29 is 29.3 Å². The Morgan fingerprint density at radius 3 is 2.38 bits per heavy atom. The highest BCUT2D eigenvalue weighted by Gasteiger charge is 2.25. The SMILES string of the molecule is C=C(C)COC(=O)[C@H](O)C[C@@H](Cc1ccc(-c2cc(Cl)ccc2Cl)cc1)NC(=O)C(=O)O. The van der Waals surface area contributed by atoms with E-state index in [2.05, 4.69) is 11.9 Å². The molecule has 0 aliphatic carbocycles. The summed E-state index contributed by atoms with van der Waals surface area (Å²) in [5, 5.41) is 22.4. The number of amides is 1. The van der Waals surface area contributed by atoms with Crippen LogP contribution in [0.25, 0.3) is 11.1 Å². The van der Waals surface area contributed by atoms with E-state index in [1.165, 1.54) is 0 Å². The van der Waals surface area contributed by atoms with Gasteiger partial charge in [0.1, 0.15) is 6.61 Å². The van der Waals surface area contributed by atoms with Gasteiger partial charge in [0, 0.05) is 28.1 Å². The number of carbonyl (C=O) groups is 3. The third-order valence-corrected chi connectivity index (χ3v) is 5.01. The van der Waals surface area contributed by atoms with Gasteiger partial charge in [-0.3, -0.25) is 4.79 Å². The van der Waals surface area contributed by atoms with E-state index >= 15 is 0 Å². The summed E-state index contributed by atoms with van der Waals surface area (Å²) in [5.74, 6) is -3.78. The quantitative estimate of drug-likeness (QED) is 0.287. The van der Waals surface area contributed by atoms with E-state index in [1.807, 2.05) is 0 Å². The number of aliphatic hydroxyl groups excluding tert-OH is 1. The smallest absolute Gasteiger partial charge is 0.394 e. The topological polar surface area (TPSA) is 113 Å². The Labute approximate surface area is 195 Å². The lowest BCUT2D eigenvalue weighted by Gasteiger charge is -2.20. The number of aliphatic carboxylic acids is 1. The minimum atomic E-state index is -1.67. The van der Waals surface area contributed by atoms with Crippen LogP contribution in [-0.4, -0.2) is 46.8 Å². The zero-order valence-electron chi connectivity index (χ0n) is 17.3. The number of halogens is 2. The first-order valence-electron chi connectivity index (χ1n) is 9.64. The number of esters is 1. The van der Waals surface area contributed by atoms with Crippen LogP contribution in [0.4, 0.5) is 0 Å². The second kappa shape index (κ2) is 11.7. The van der Waals surface area contributed by atoms with Crippen LogP contribution in [0, 0.1) is 0 Å². The summed E-state index contributed by atoms with van der Waals surface area (Å²) in [6.45, 7) is 5.22. The number of carbonyl (C=O) groups excluding carboxylic acids is 2. The molecule has 0 bridgehead atoms. The van der Waals surface area contributed by atoms with Crippen LogP contribution < -0.4 is 5.32 Å². The van der Waals surface area contributed by atoms with Crippen molar-refractivity contribution in [3.63, 3.8) is 0 Å². The molecule has 2 atom stereocenters. The van der Waals surface area contributed by atoms with E-state index in [1.54, 1.807) is 49.4 Å². The Hall–Kier alpha value is -2.87. The molecule has 0 saturated carbocycles. The van der Waals surface area contributed by atoms with Crippen molar-refractivity contribution in [2.45, 2.75) is 31.9 Å². The fraction of sp³-hybridized carbons (Fsp3) is 0.261. The minimum Gasteiger partial charge on any atom is -0.474 e. The molecule has 0 aliphatic heterocycles. The summed E-state index contributed by atoms with van der Waals surface area (Å²) in [6.07, 6.45) is -1.60. The maximum atomic E-state index is 12.0. The molecule has 170 valence electrons. The summed E-state index contributed by atoms with van der Waals surface area (Å²) < 4.78 is 4.91. The number of aliphatic hydroxyl groups is 1.